The lowest BCUT2D eigenvalue weighted by atomic mass is 10.3. The van der Waals surface area contributed by atoms with Crippen molar-refractivity contribution < 1.29 is 18.9 Å². The fourth-order valence-electron chi connectivity index (χ4n) is 1.15. The number of ether oxygens (including phenoxy) is 4. The second kappa shape index (κ2) is 7.96. The molecule has 0 aliphatic rings. The van der Waals surface area contributed by atoms with E-state index in [1.54, 1.807) is 7.11 Å². The molecule has 0 saturated carbocycles. The van der Waals surface area contributed by atoms with Crippen LogP contribution in [-0.2, 0) is 9.47 Å². The maximum absolute atomic E-state index is 5.43. The Morgan fingerprint density at radius 3 is 2.31 bits per heavy atom. The van der Waals surface area contributed by atoms with Crippen LogP contribution in [0.25, 0.3) is 0 Å². The van der Waals surface area contributed by atoms with E-state index in [0.717, 1.165) is 5.75 Å². The van der Waals surface area contributed by atoms with E-state index in [9.17, 15) is 0 Å². The summed E-state index contributed by atoms with van der Waals surface area (Å²) in [4.78, 5) is 0. The number of rotatable bonds is 8. The highest BCUT2D eigenvalue weighted by molar-refractivity contribution is 5.39. The monoisotopic (exact) mass is 226 g/mol. The van der Waals surface area contributed by atoms with Crippen LogP contribution in [0.5, 0.6) is 11.5 Å². The quantitative estimate of drug-likeness (QED) is 0.502. The molecule has 0 aliphatic heterocycles. The lowest BCUT2D eigenvalue weighted by Crippen LogP contribution is -2.08. The van der Waals surface area contributed by atoms with E-state index in [1.807, 2.05) is 31.2 Å². The molecule has 0 saturated heterocycles. The summed E-state index contributed by atoms with van der Waals surface area (Å²) in [5.74, 6) is 1.43. The van der Waals surface area contributed by atoms with Crippen LogP contribution < -0.4 is 9.47 Å². The highest BCUT2D eigenvalue weighted by Gasteiger charge is 2.02. The molecule has 0 fully saturated rings. The molecule has 0 heterocycles. The van der Waals surface area contributed by atoms with Gasteiger partial charge in [-0.15, -0.1) is 0 Å². The maximum atomic E-state index is 5.43. The van der Waals surface area contributed by atoms with Gasteiger partial charge in [0.15, 0.2) is 18.3 Å². The van der Waals surface area contributed by atoms with Crippen LogP contribution in [-0.4, -0.2) is 33.7 Å². The number of benzene rings is 1. The van der Waals surface area contributed by atoms with Gasteiger partial charge in [0.05, 0.1) is 19.8 Å². The Balaban J connectivity index is 2.34. The predicted octanol–water partition coefficient (Wildman–Crippen LogP) is 2.08. The Bertz CT molecular complexity index is 288. The third-order valence-electron chi connectivity index (χ3n) is 1.88. The highest BCUT2D eigenvalue weighted by Crippen LogP contribution is 2.26. The molecule has 0 aliphatic carbocycles. The Kier molecular flexibility index (Phi) is 6.37. The van der Waals surface area contributed by atoms with Crippen molar-refractivity contribution in [1.82, 2.24) is 0 Å². The van der Waals surface area contributed by atoms with Gasteiger partial charge in [-0.25, -0.2) is 0 Å². The predicted molar refractivity (Wildman–Crippen MR) is 60.9 cm³/mol. The smallest absolute Gasteiger partial charge is 0.189 e. The van der Waals surface area contributed by atoms with E-state index in [1.165, 1.54) is 0 Å². The van der Waals surface area contributed by atoms with Gasteiger partial charge in [0.1, 0.15) is 0 Å². The van der Waals surface area contributed by atoms with E-state index < -0.39 is 0 Å². The van der Waals surface area contributed by atoms with Gasteiger partial charge in [0.2, 0.25) is 0 Å². The molecular weight excluding hydrogens is 208 g/mol. The van der Waals surface area contributed by atoms with Gasteiger partial charge in [0.25, 0.3) is 0 Å². The van der Waals surface area contributed by atoms with Crippen molar-refractivity contribution in [2.45, 2.75) is 6.92 Å². The van der Waals surface area contributed by atoms with Crippen molar-refractivity contribution in [3.63, 3.8) is 0 Å². The summed E-state index contributed by atoms with van der Waals surface area (Å²) in [6, 6.07) is 7.52. The molecule has 0 radical (unpaired) electrons. The van der Waals surface area contributed by atoms with Gasteiger partial charge in [-0.05, 0) is 19.1 Å². The van der Waals surface area contributed by atoms with Gasteiger partial charge in [-0.3, -0.25) is 0 Å². The first-order chi connectivity index (χ1) is 7.88. The largest absolute Gasteiger partial charge is 0.490 e. The number of para-hydroxylation sites is 2. The van der Waals surface area contributed by atoms with Gasteiger partial charge in [0, 0.05) is 7.11 Å². The number of methoxy groups -OCH3 is 1. The third kappa shape index (κ3) is 4.51. The lowest BCUT2D eigenvalue weighted by molar-refractivity contribution is -0.00963. The summed E-state index contributed by atoms with van der Waals surface area (Å²) in [5, 5.41) is 0. The van der Waals surface area contributed by atoms with E-state index in [2.05, 4.69) is 0 Å². The summed E-state index contributed by atoms with van der Waals surface area (Å²) in [7, 11) is 1.63. The van der Waals surface area contributed by atoms with Crippen molar-refractivity contribution in [2.24, 2.45) is 0 Å². The molecule has 0 unspecified atom stereocenters. The van der Waals surface area contributed by atoms with Gasteiger partial charge < -0.3 is 18.9 Å². The lowest BCUT2D eigenvalue weighted by Gasteiger charge is -2.11. The molecule has 1 aromatic rings. The zero-order valence-electron chi connectivity index (χ0n) is 9.77. The average Bonchev–Trinajstić information content (AvgIpc) is 2.31. The minimum absolute atomic E-state index is 0.202. The van der Waals surface area contributed by atoms with E-state index >= 15 is 0 Å². The van der Waals surface area contributed by atoms with Crippen LogP contribution in [0.1, 0.15) is 6.92 Å². The Morgan fingerprint density at radius 1 is 1.00 bits per heavy atom. The summed E-state index contributed by atoms with van der Waals surface area (Å²) < 4.78 is 20.9. The van der Waals surface area contributed by atoms with Crippen molar-refractivity contribution in [3.05, 3.63) is 24.3 Å². The zero-order valence-corrected chi connectivity index (χ0v) is 9.77. The van der Waals surface area contributed by atoms with Crippen LogP contribution in [0.15, 0.2) is 24.3 Å². The molecule has 0 spiro atoms. The molecule has 0 amide bonds. The van der Waals surface area contributed by atoms with Crippen molar-refractivity contribution in [2.75, 3.05) is 33.7 Å². The Labute approximate surface area is 96.1 Å². The minimum atomic E-state index is 0.202. The van der Waals surface area contributed by atoms with E-state index in [0.29, 0.717) is 25.6 Å². The van der Waals surface area contributed by atoms with Crippen LogP contribution in [0.4, 0.5) is 0 Å². The molecule has 0 bridgehead atoms. The van der Waals surface area contributed by atoms with E-state index in [4.69, 9.17) is 18.9 Å². The first-order valence-corrected chi connectivity index (χ1v) is 5.29. The molecule has 0 N–H and O–H groups in total. The minimum Gasteiger partial charge on any atom is -0.490 e. The molecule has 0 atom stereocenters. The third-order valence-corrected chi connectivity index (χ3v) is 1.88. The van der Waals surface area contributed by atoms with Crippen molar-refractivity contribution in [1.29, 1.82) is 0 Å². The molecule has 90 valence electrons. The molecule has 0 aromatic heterocycles. The second-order valence-electron chi connectivity index (χ2n) is 3.04. The molecule has 4 heteroatoms. The topological polar surface area (TPSA) is 36.9 Å². The Hall–Kier alpha value is -1.26. The van der Waals surface area contributed by atoms with Crippen LogP contribution >= 0.6 is 0 Å². The zero-order chi connectivity index (χ0) is 11.6. The normalized spacial score (nSPS) is 10.1. The van der Waals surface area contributed by atoms with Gasteiger partial charge >= 0.3 is 0 Å². The van der Waals surface area contributed by atoms with Crippen LogP contribution in [0.3, 0.4) is 0 Å². The van der Waals surface area contributed by atoms with Crippen LogP contribution in [0.2, 0.25) is 0 Å². The highest BCUT2D eigenvalue weighted by atomic mass is 16.7. The number of hydrogen-bond acceptors (Lipinski definition) is 4. The van der Waals surface area contributed by atoms with Crippen LogP contribution in [0, 0.1) is 0 Å². The second-order valence-corrected chi connectivity index (χ2v) is 3.04. The fourth-order valence-corrected chi connectivity index (χ4v) is 1.15. The molecular formula is C12H18O4. The molecule has 4 nitrogen and oxygen atoms in total. The summed E-state index contributed by atoms with van der Waals surface area (Å²) in [6.45, 7) is 3.84. The van der Waals surface area contributed by atoms with Crippen molar-refractivity contribution >= 4 is 0 Å². The summed E-state index contributed by atoms with van der Waals surface area (Å²) in [6.07, 6.45) is 0. The molecule has 1 rings (SSSR count). The average molecular weight is 226 g/mol. The van der Waals surface area contributed by atoms with Gasteiger partial charge in [-0.2, -0.15) is 0 Å². The fraction of sp³-hybridized carbons (Fsp3) is 0.500. The summed E-state index contributed by atoms with van der Waals surface area (Å²) >= 11 is 0. The first kappa shape index (κ1) is 12.8. The first-order valence-electron chi connectivity index (χ1n) is 5.29. The summed E-state index contributed by atoms with van der Waals surface area (Å²) in [5.41, 5.74) is 0. The number of hydrogen-bond donors (Lipinski definition) is 0. The Morgan fingerprint density at radius 2 is 1.69 bits per heavy atom. The molecule has 1 aromatic carbocycles. The maximum Gasteiger partial charge on any atom is 0.189 e. The standard InChI is InChI=1S/C12H18O4/c1-3-15-11-6-4-5-7-12(11)16-10-14-9-8-13-2/h4-7H,3,8-10H2,1-2H3. The van der Waals surface area contributed by atoms with Gasteiger partial charge in [-0.1, -0.05) is 12.1 Å². The SMILES string of the molecule is CCOc1ccccc1OCOCCOC. The van der Waals surface area contributed by atoms with E-state index in [-0.39, 0.29) is 6.79 Å². The molecule has 16 heavy (non-hydrogen) atoms. The van der Waals surface area contributed by atoms with Crippen molar-refractivity contribution in [3.8, 4) is 11.5 Å².